The third kappa shape index (κ3) is 58.4. The average molecular weight is 691 g/mol. The van der Waals surface area contributed by atoms with Crippen molar-refractivity contribution in [3.8, 4) is 0 Å². The maximum atomic E-state index is 9.66. The van der Waals surface area contributed by atoms with Crippen molar-refractivity contribution >= 4 is 35.8 Å². The van der Waals surface area contributed by atoms with E-state index in [1.807, 2.05) is 0 Å². The summed E-state index contributed by atoms with van der Waals surface area (Å²) in [5, 5.41) is 57.9. The predicted molar refractivity (Wildman–Crippen MR) is 71.6 cm³/mol. The van der Waals surface area contributed by atoms with Crippen LogP contribution in [-0.4, -0.2) is 35.8 Å². The van der Waals surface area contributed by atoms with Crippen molar-refractivity contribution in [2.24, 2.45) is 0 Å². The summed E-state index contributed by atoms with van der Waals surface area (Å²) in [5.74, 6) is -7.35. The average Bonchev–Trinajstić information content (AvgIpc) is 2.46. The van der Waals surface area contributed by atoms with E-state index < -0.39 is 35.8 Å². The molecular formula is C15H18O12Sm2. The van der Waals surface area contributed by atoms with E-state index in [9.17, 15) is 59.4 Å². The maximum absolute atomic E-state index is 9.66. The van der Waals surface area contributed by atoms with Crippen LogP contribution >= 0.6 is 0 Å². The zero-order valence-corrected chi connectivity index (χ0v) is 20.3. The molecule has 0 N–H and O–H groups in total. The monoisotopic (exact) mass is 694 g/mol. The number of carbonyl (C=O) groups is 6. The SMILES string of the molecule is O=C([O-])CCCC(=O)[O-].O=C([O-])CCCC(=O)[O-].O=C([O-])CCCC(=O)[O-].[Sm+3].[Sm+3]. The largest absolute Gasteiger partial charge is 3.00 e. The van der Waals surface area contributed by atoms with Crippen molar-refractivity contribution in [2.75, 3.05) is 0 Å². The molecule has 0 aliphatic rings. The summed E-state index contributed by atoms with van der Waals surface area (Å²) in [5.41, 5.74) is 0. The van der Waals surface area contributed by atoms with Gasteiger partial charge in [-0.05, 0) is 57.8 Å². The van der Waals surface area contributed by atoms with Crippen LogP contribution < -0.4 is 30.6 Å². The number of carbonyl (C=O) groups excluding carboxylic acids is 6. The molecule has 0 aliphatic heterocycles. The Balaban J connectivity index is -0.0000000960. The molecule has 2 radical (unpaired) electrons. The summed E-state index contributed by atoms with van der Waals surface area (Å²) in [4.78, 5) is 57.9. The molecule has 0 fully saturated rings. The molecule has 0 unspecified atom stereocenters. The Morgan fingerprint density at radius 3 is 0.517 bits per heavy atom. The molecule has 0 aromatic heterocycles. The second-order valence-electron chi connectivity index (χ2n) is 4.79. The van der Waals surface area contributed by atoms with E-state index in [4.69, 9.17) is 0 Å². The van der Waals surface area contributed by atoms with Crippen LogP contribution in [0.2, 0.25) is 0 Å². The fourth-order valence-corrected chi connectivity index (χ4v) is 1.13. The van der Waals surface area contributed by atoms with Gasteiger partial charge in [0, 0.05) is 35.8 Å². The third-order valence-corrected chi connectivity index (χ3v) is 2.29. The summed E-state index contributed by atoms with van der Waals surface area (Å²) in [6, 6.07) is 0. The van der Waals surface area contributed by atoms with Crippen LogP contribution in [0.25, 0.3) is 0 Å². The number of hydrogen-bond acceptors (Lipinski definition) is 12. The molecule has 0 aliphatic carbocycles. The minimum absolute atomic E-state index is 0. The van der Waals surface area contributed by atoms with Crippen LogP contribution in [-0.2, 0) is 28.8 Å². The molecule has 0 aromatic carbocycles. The van der Waals surface area contributed by atoms with Gasteiger partial charge in [0.25, 0.3) is 0 Å². The van der Waals surface area contributed by atoms with Crippen molar-refractivity contribution < 1.29 is 140 Å². The van der Waals surface area contributed by atoms with Gasteiger partial charge in [0.05, 0.1) is 0 Å². The summed E-state index contributed by atoms with van der Waals surface area (Å²) in [7, 11) is 0. The van der Waals surface area contributed by atoms with Crippen molar-refractivity contribution in [3.63, 3.8) is 0 Å². The molecule has 162 valence electrons. The van der Waals surface area contributed by atoms with Gasteiger partial charge in [0.1, 0.15) is 0 Å². The van der Waals surface area contributed by atoms with Gasteiger partial charge in [-0.3, -0.25) is 0 Å². The maximum Gasteiger partial charge on any atom is 3.00 e. The number of rotatable bonds is 12. The van der Waals surface area contributed by atoms with E-state index >= 15 is 0 Å². The van der Waals surface area contributed by atoms with Gasteiger partial charge in [-0.25, -0.2) is 0 Å². The molecule has 0 bridgehead atoms. The summed E-state index contributed by atoms with van der Waals surface area (Å²) < 4.78 is 0. The van der Waals surface area contributed by atoms with Gasteiger partial charge in [-0.15, -0.1) is 0 Å². The molecule has 0 atom stereocenters. The Hall–Kier alpha value is -0.505. The summed E-state index contributed by atoms with van der Waals surface area (Å²) in [6.07, 6.45) is -1.02. The molecule has 0 saturated heterocycles. The van der Waals surface area contributed by atoms with E-state index in [0.717, 1.165) is 0 Å². The van der Waals surface area contributed by atoms with Crippen molar-refractivity contribution in [1.82, 2.24) is 0 Å². The van der Waals surface area contributed by atoms with Crippen molar-refractivity contribution in [2.45, 2.75) is 57.8 Å². The Labute approximate surface area is 231 Å². The van der Waals surface area contributed by atoms with Gasteiger partial charge in [0.2, 0.25) is 0 Å². The molecule has 14 heteroatoms. The first kappa shape index (κ1) is 39.0. The molecule has 0 rings (SSSR count). The van der Waals surface area contributed by atoms with Gasteiger partial charge in [0.15, 0.2) is 0 Å². The normalized spacial score (nSPS) is 8.28. The number of hydrogen-bond donors (Lipinski definition) is 0. The van der Waals surface area contributed by atoms with Crippen LogP contribution in [0.3, 0.4) is 0 Å². The van der Waals surface area contributed by atoms with Crippen LogP contribution in [0.4, 0.5) is 0 Å². The molecule has 0 heterocycles. The second-order valence-corrected chi connectivity index (χ2v) is 4.79. The molecule has 29 heavy (non-hydrogen) atoms. The topological polar surface area (TPSA) is 241 Å². The van der Waals surface area contributed by atoms with E-state index in [-0.39, 0.29) is 139 Å². The smallest absolute Gasteiger partial charge is 0.550 e. The van der Waals surface area contributed by atoms with Crippen molar-refractivity contribution in [1.29, 1.82) is 0 Å². The van der Waals surface area contributed by atoms with Gasteiger partial charge in [-0.1, -0.05) is 0 Å². The fourth-order valence-electron chi connectivity index (χ4n) is 1.13. The van der Waals surface area contributed by atoms with Crippen LogP contribution in [0.15, 0.2) is 0 Å². The Morgan fingerprint density at radius 2 is 0.448 bits per heavy atom. The van der Waals surface area contributed by atoms with Crippen LogP contribution in [0, 0.1) is 80.8 Å². The zero-order valence-electron chi connectivity index (χ0n) is 15.1. The number of carboxylic acid groups (broad SMARTS) is 6. The first-order chi connectivity index (χ1) is 12.4. The van der Waals surface area contributed by atoms with Crippen molar-refractivity contribution in [3.05, 3.63) is 0 Å². The second kappa shape index (κ2) is 27.5. The van der Waals surface area contributed by atoms with E-state index in [2.05, 4.69) is 0 Å². The minimum atomic E-state index is -1.23. The molecule has 0 amide bonds. The quantitative estimate of drug-likeness (QED) is 0.186. The van der Waals surface area contributed by atoms with E-state index in [0.29, 0.717) is 0 Å². The van der Waals surface area contributed by atoms with E-state index in [1.165, 1.54) is 0 Å². The summed E-state index contributed by atoms with van der Waals surface area (Å²) in [6.45, 7) is 0. The standard InChI is InChI=1S/3C5H8O4.2Sm/c3*6-4(7)2-1-3-5(8)9;;/h3*1-3H2,(H,6,7)(H,8,9);;/q;;;2*+3/p-6. The molecule has 12 nitrogen and oxygen atoms in total. The van der Waals surface area contributed by atoms with Gasteiger partial charge in [-0.2, -0.15) is 0 Å². The summed E-state index contributed by atoms with van der Waals surface area (Å²) >= 11 is 0. The first-order valence-corrected chi connectivity index (χ1v) is 7.57. The third-order valence-electron chi connectivity index (χ3n) is 2.29. The fraction of sp³-hybridized carbons (Fsp3) is 0.600. The first-order valence-electron chi connectivity index (χ1n) is 7.57. The minimum Gasteiger partial charge on any atom is -0.550 e. The van der Waals surface area contributed by atoms with Gasteiger partial charge >= 0.3 is 80.8 Å². The Kier molecular flexibility index (Phi) is 37.0. The molecular weight excluding hydrogens is 673 g/mol. The van der Waals surface area contributed by atoms with Crippen LogP contribution in [0.1, 0.15) is 57.8 Å². The number of carboxylic acids is 6. The Morgan fingerprint density at radius 1 is 0.345 bits per heavy atom. The zero-order chi connectivity index (χ0) is 21.8. The molecule has 0 spiro atoms. The van der Waals surface area contributed by atoms with E-state index in [1.54, 1.807) is 0 Å². The van der Waals surface area contributed by atoms with Gasteiger partial charge < -0.3 is 59.4 Å². The Bertz CT molecular complexity index is 394. The predicted octanol–water partition coefficient (Wildman–Crippen LogP) is -7.03. The van der Waals surface area contributed by atoms with Crippen LogP contribution in [0.5, 0.6) is 0 Å². The molecule has 0 aromatic rings. The molecule has 0 saturated carbocycles. The number of aliphatic carboxylic acids is 6.